The summed E-state index contributed by atoms with van der Waals surface area (Å²) in [6.45, 7) is 1.69. The monoisotopic (exact) mass is 259 g/mol. The van der Waals surface area contributed by atoms with Crippen LogP contribution in [0.5, 0.6) is 0 Å². The average Bonchev–Trinajstić information content (AvgIpc) is 2.72. The predicted octanol–water partition coefficient (Wildman–Crippen LogP) is 1.11. The number of fused-ring (bicyclic) bond motifs is 1. The molecule has 2 heterocycles. The minimum Gasteiger partial charge on any atom is -0.398 e. The van der Waals surface area contributed by atoms with Gasteiger partial charge in [0.1, 0.15) is 5.82 Å². The van der Waals surface area contributed by atoms with E-state index in [1.165, 1.54) is 18.2 Å². The molecule has 2 aromatic heterocycles. The Bertz CT molecular complexity index is 815. The first-order valence-electron chi connectivity index (χ1n) is 5.57. The first kappa shape index (κ1) is 11.4. The van der Waals surface area contributed by atoms with Crippen molar-refractivity contribution in [2.45, 2.75) is 6.92 Å². The second-order valence-corrected chi connectivity index (χ2v) is 4.15. The summed E-state index contributed by atoms with van der Waals surface area (Å²) in [7, 11) is 0. The normalized spacial score (nSPS) is 11.1. The maximum absolute atomic E-state index is 13.8. The average molecular weight is 259 g/mol. The van der Waals surface area contributed by atoms with Crippen LogP contribution in [0.2, 0.25) is 0 Å². The van der Waals surface area contributed by atoms with Crippen LogP contribution in [-0.4, -0.2) is 19.6 Å². The van der Waals surface area contributed by atoms with E-state index in [0.29, 0.717) is 5.69 Å². The lowest BCUT2D eigenvalue weighted by atomic mass is 10.1. The Kier molecular flexibility index (Phi) is 2.34. The van der Waals surface area contributed by atoms with E-state index in [1.807, 2.05) is 0 Å². The molecule has 7 heteroatoms. The minimum atomic E-state index is -0.510. The third kappa shape index (κ3) is 1.75. The van der Waals surface area contributed by atoms with Gasteiger partial charge in [0.25, 0.3) is 11.3 Å². The molecule has 0 unspecified atom stereocenters. The Morgan fingerprint density at radius 1 is 1.37 bits per heavy atom. The van der Waals surface area contributed by atoms with E-state index in [2.05, 4.69) is 15.1 Å². The fourth-order valence-corrected chi connectivity index (χ4v) is 1.90. The van der Waals surface area contributed by atoms with Gasteiger partial charge >= 0.3 is 0 Å². The van der Waals surface area contributed by atoms with E-state index in [-0.39, 0.29) is 28.4 Å². The van der Waals surface area contributed by atoms with Gasteiger partial charge < -0.3 is 5.73 Å². The number of hydrogen-bond donors (Lipinski definition) is 2. The second-order valence-electron chi connectivity index (χ2n) is 4.15. The number of benzene rings is 1. The number of nitrogens with one attached hydrogen (secondary N) is 1. The summed E-state index contributed by atoms with van der Waals surface area (Å²) in [5.41, 5.74) is 6.34. The van der Waals surface area contributed by atoms with Crippen LogP contribution in [0.25, 0.3) is 17.2 Å². The highest BCUT2D eigenvalue weighted by Crippen LogP contribution is 2.25. The van der Waals surface area contributed by atoms with Gasteiger partial charge in [-0.15, -0.1) is 0 Å². The van der Waals surface area contributed by atoms with Gasteiger partial charge in [-0.05, 0) is 19.1 Å². The Hall–Kier alpha value is -2.70. The van der Waals surface area contributed by atoms with Gasteiger partial charge in [-0.1, -0.05) is 6.07 Å². The summed E-state index contributed by atoms with van der Waals surface area (Å²) in [4.78, 5) is 19.9. The molecule has 96 valence electrons. The van der Waals surface area contributed by atoms with Gasteiger partial charge in [-0.2, -0.15) is 9.50 Å². The fourth-order valence-electron chi connectivity index (χ4n) is 1.90. The largest absolute Gasteiger partial charge is 0.398 e. The topological polar surface area (TPSA) is 89.1 Å². The van der Waals surface area contributed by atoms with Crippen molar-refractivity contribution in [2.75, 3.05) is 5.73 Å². The number of rotatable bonds is 1. The third-order valence-corrected chi connectivity index (χ3v) is 2.74. The van der Waals surface area contributed by atoms with E-state index >= 15 is 0 Å². The first-order chi connectivity index (χ1) is 9.06. The minimum absolute atomic E-state index is 0.130. The second kappa shape index (κ2) is 3.91. The van der Waals surface area contributed by atoms with E-state index in [4.69, 9.17) is 5.73 Å². The SMILES string of the molecule is Cc1cc(=O)n2[nH]c(-c3c(N)cccc3F)nc2n1. The zero-order valence-electron chi connectivity index (χ0n) is 10.0. The fraction of sp³-hybridized carbons (Fsp3) is 0.0833. The molecule has 6 nitrogen and oxygen atoms in total. The summed E-state index contributed by atoms with van der Waals surface area (Å²) in [6.07, 6.45) is 0. The van der Waals surface area contributed by atoms with Crippen LogP contribution in [0, 0.1) is 12.7 Å². The van der Waals surface area contributed by atoms with E-state index < -0.39 is 5.82 Å². The van der Waals surface area contributed by atoms with Crippen molar-refractivity contribution < 1.29 is 4.39 Å². The molecule has 0 saturated carbocycles. The maximum atomic E-state index is 13.8. The van der Waals surface area contributed by atoms with Crippen molar-refractivity contribution in [2.24, 2.45) is 0 Å². The molecular weight excluding hydrogens is 249 g/mol. The lowest BCUT2D eigenvalue weighted by Gasteiger charge is -2.02. The number of nitrogen functional groups attached to an aromatic ring is 1. The molecular formula is C12H10FN5O. The van der Waals surface area contributed by atoms with Gasteiger partial charge in [-0.3, -0.25) is 9.89 Å². The summed E-state index contributed by atoms with van der Waals surface area (Å²) in [6, 6.07) is 5.71. The van der Waals surface area contributed by atoms with Crippen LogP contribution in [0.4, 0.5) is 10.1 Å². The Morgan fingerprint density at radius 2 is 2.16 bits per heavy atom. The quantitative estimate of drug-likeness (QED) is 0.641. The summed E-state index contributed by atoms with van der Waals surface area (Å²) >= 11 is 0. The van der Waals surface area contributed by atoms with Crippen molar-refractivity contribution >= 4 is 11.5 Å². The summed E-state index contributed by atoms with van der Waals surface area (Å²) in [5.74, 6) is -0.155. The molecule has 0 saturated heterocycles. The molecule has 3 N–H and O–H groups in total. The van der Waals surface area contributed by atoms with Crippen molar-refractivity contribution in [3.05, 3.63) is 46.1 Å². The molecule has 0 amide bonds. The number of aryl methyl sites for hydroxylation is 1. The molecule has 0 radical (unpaired) electrons. The highest BCUT2D eigenvalue weighted by atomic mass is 19.1. The molecule has 1 aromatic carbocycles. The lowest BCUT2D eigenvalue weighted by Crippen LogP contribution is -2.14. The number of aromatic nitrogens is 4. The Labute approximate surface area is 106 Å². The zero-order valence-corrected chi connectivity index (χ0v) is 10.0. The molecule has 0 atom stereocenters. The van der Waals surface area contributed by atoms with Gasteiger partial charge in [0.15, 0.2) is 5.82 Å². The highest BCUT2D eigenvalue weighted by Gasteiger charge is 2.14. The number of nitrogens with two attached hydrogens (primary N) is 1. The molecule has 3 aromatic rings. The van der Waals surface area contributed by atoms with Crippen LogP contribution in [0.3, 0.4) is 0 Å². The molecule has 0 fully saturated rings. The van der Waals surface area contributed by atoms with Crippen LogP contribution in [-0.2, 0) is 0 Å². The van der Waals surface area contributed by atoms with Crippen LogP contribution in [0.1, 0.15) is 5.69 Å². The number of anilines is 1. The number of nitrogens with zero attached hydrogens (tertiary/aromatic N) is 3. The van der Waals surface area contributed by atoms with Crippen molar-refractivity contribution in [1.29, 1.82) is 0 Å². The number of hydrogen-bond acceptors (Lipinski definition) is 4. The maximum Gasteiger partial charge on any atom is 0.274 e. The molecule has 0 aliphatic heterocycles. The molecule has 0 spiro atoms. The molecule has 19 heavy (non-hydrogen) atoms. The molecule has 0 bridgehead atoms. The summed E-state index contributed by atoms with van der Waals surface area (Å²) < 4.78 is 14.9. The first-order valence-corrected chi connectivity index (χ1v) is 5.57. The highest BCUT2D eigenvalue weighted by molar-refractivity contribution is 5.72. The molecule has 3 rings (SSSR count). The smallest absolute Gasteiger partial charge is 0.274 e. The Balaban J connectivity index is 2.33. The zero-order chi connectivity index (χ0) is 13.6. The van der Waals surface area contributed by atoms with Crippen LogP contribution >= 0.6 is 0 Å². The summed E-state index contributed by atoms with van der Waals surface area (Å²) in [5, 5.41) is 2.70. The number of H-pyrrole nitrogens is 1. The van der Waals surface area contributed by atoms with E-state index in [0.717, 1.165) is 4.52 Å². The standard InChI is InChI=1S/C12H10FN5O/c1-6-5-9(19)18-12(15-6)16-11(17-18)10-7(13)3-2-4-8(10)14/h2-5H,14H2,1H3,(H,15,16,17). The Morgan fingerprint density at radius 3 is 2.89 bits per heavy atom. The van der Waals surface area contributed by atoms with Gasteiger partial charge in [0.2, 0.25) is 0 Å². The predicted molar refractivity (Wildman–Crippen MR) is 68.2 cm³/mol. The van der Waals surface area contributed by atoms with Gasteiger partial charge in [0, 0.05) is 17.4 Å². The van der Waals surface area contributed by atoms with Gasteiger partial charge in [0.05, 0.1) is 5.56 Å². The van der Waals surface area contributed by atoms with Crippen molar-refractivity contribution in [1.82, 2.24) is 19.6 Å². The number of aromatic amines is 1. The number of halogens is 1. The van der Waals surface area contributed by atoms with Gasteiger partial charge in [-0.25, -0.2) is 9.37 Å². The van der Waals surface area contributed by atoms with E-state index in [1.54, 1.807) is 13.0 Å². The van der Waals surface area contributed by atoms with Crippen LogP contribution in [0.15, 0.2) is 29.1 Å². The third-order valence-electron chi connectivity index (χ3n) is 2.74. The van der Waals surface area contributed by atoms with E-state index in [9.17, 15) is 9.18 Å². The van der Waals surface area contributed by atoms with Crippen LogP contribution < -0.4 is 11.3 Å². The molecule has 0 aliphatic rings. The molecule has 0 aliphatic carbocycles. The van der Waals surface area contributed by atoms with Crippen molar-refractivity contribution in [3.8, 4) is 11.4 Å². The lowest BCUT2D eigenvalue weighted by molar-refractivity contribution is 0.630. The van der Waals surface area contributed by atoms with Crippen molar-refractivity contribution in [3.63, 3.8) is 0 Å².